The van der Waals surface area contributed by atoms with Crippen LogP contribution in [0.1, 0.15) is 13.8 Å². The number of nitrogens with one attached hydrogen (secondary N) is 1. The molecule has 0 aliphatic rings. The molecule has 3 heteroatoms. The highest BCUT2D eigenvalue weighted by atomic mass is 16.5. The van der Waals surface area contributed by atoms with Crippen molar-refractivity contribution in [3.63, 3.8) is 0 Å². The van der Waals surface area contributed by atoms with Gasteiger partial charge in [0, 0.05) is 0 Å². The molecule has 1 N–H and O–H groups in total. The second-order valence-corrected chi connectivity index (χ2v) is 2.02. The number of ether oxygens (including phenoxy) is 1. The molecule has 0 amide bonds. The third kappa shape index (κ3) is 3.83. The summed E-state index contributed by atoms with van der Waals surface area (Å²) in [4.78, 5) is 3.47. The van der Waals surface area contributed by atoms with Gasteiger partial charge in [-0.3, -0.25) is 4.99 Å². The third-order valence-electron chi connectivity index (χ3n) is 0.733. The van der Waals surface area contributed by atoms with Gasteiger partial charge in [0.05, 0.1) is 18.5 Å². The van der Waals surface area contributed by atoms with Gasteiger partial charge in [-0.05, 0) is 20.6 Å². The highest BCUT2D eigenvalue weighted by Gasteiger charge is 1.95. The summed E-state index contributed by atoms with van der Waals surface area (Å²) >= 11 is 0. The van der Waals surface area contributed by atoms with Crippen molar-refractivity contribution < 1.29 is 4.74 Å². The lowest BCUT2D eigenvalue weighted by molar-refractivity contribution is 0.164. The molecular weight excluding hydrogens is 128 g/mol. The molecule has 0 spiro atoms. The highest BCUT2D eigenvalue weighted by molar-refractivity contribution is 5.72. The molecule has 10 heavy (non-hydrogen) atoms. The zero-order chi connectivity index (χ0) is 7.98. The van der Waals surface area contributed by atoms with Gasteiger partial charge >= 0.3 is 0 Å². The first-order valence-corrected chi connectivity index (χ1v) is 3.03. The van der Waals surface area contributed by atoms with Crippen LogP contribution in [0.2, 0.25) is 0 Å². The molecule has 0 aromatic carbocycles. The van der Waals surface area contributed by atoms with Gasteiger partial charge < -0.3 is 10.1 Å². The van der Waals surface area contributed by atoms with E-state index in [4.69, 9.17) is 10.1 Å². The lowest BCUT2D eigenvalue weighted by atomic mass is 10.4. The minimum absolute atomic E-state index is 0.0783. The van der Waals surface area contributed by atoms with Crippen LogP contribution in [0.4, 0.5) is 0 Å². The minimum atomic E-state index is 0.0783. The number of hydrogen-bond acceptors (Lipinski definition) is 3. The molecule has 3 nitrogen and oxygen atoms in total. The van der Waals surface area contributed by atoms with E-state index in [2.05, 4.69) is 11.7 Å². The molecule has 0 saturated heterocycles. The molecule has 0 unspecified atom stereocenters. The maximum Gasteiger partial charge on any atom is 0.155 e. The predicted molar refractivity (Wildman–Crippen MR) is 42.6 cm³/mol. The largest absolute Gasteiger partial charge is 0.488 e. The fraction of sp³-hybridized carbons (Fsp3) is 0.429. The van der Waals surface area contributed by atoms with Crippen molar-refractivity contribution in [1.29, 1.82) is 5.41 Å². The van der Waals surface area contributed by atoms with Crippen LogP contribution in [0.25, 0.3) is 0 Å². The smallest absolute Gasteiger partial charge is 0.155 e. The van der Waals surface area contributed by atoms with Gasteiger partial charge in [0.15, 0.2) is 5.76 Å². The van der Waals surface area contributed by atoms with E-state index in [1.165, 1.54) is 6.20 Å². The molecular formula is C7H12N2O. The van der Waals surface area contributed by atoms with Gasteiger partial charge in [-0.2, -0.15) is 0 Å². The van der Waals surface area contributed by atoms with Gasteiger partial charge in [0.25, 0.3) is 0 Å². The van der Waals surface area contributed by atoms with Crippen LogP contribution in [-0.4, -0.2) is 19.0 Å². The second-order valence-electron chi connectivity index (χ2n) is 2.02. The van der Waals surface area contributed by atoms with Crippen molar-refractivity contribution >= 4 is 12.9 Å². The maximum absolute atomic E-state index is 6.85. The quantitative estimate of drug-likeness (QED) is 0.468. The van der Waals surface area contributed by atoms with Crippen molar-refractivity contribution in [2.75, 3.05) is 0 Å². The van der Waals surface area contributed by atoms with Crippen molar-refractivity contribution in [3.8, 4) is 0 Å². The predicted octanol–water partition coefficient (Wildman–Crippen LogP) is 1.60. The van der Waals surface area contributed by atoms with Crippen molar-refractivity contribution in [2.24, 2.45) is 4.99 Å². The van der Waals surface area contributed by atoms with E-state index in [-0.39, 0.29) is 6.10 Å². The Morgan fingerprint density at radius 1 is 1.70 bits per heavy atom. The van der Waals surface area contributed by atoms with Crippen LogP contribution < -0.4 is 0 Å². The molecule has 0 rings (SSSR count). The van der Waals surface area contributed by atoms with E-state index in [9.17, 15) is 0 Å². The third-order valence-corrected chi connectivity index (χ3v) is 0.733. The number of hydrogen-bond donors (Lipinski definition) is 1. The van der Waals surface area contributed by atoms with Crippen LogP contribution in [0.15, 0.2) is 17.0 Å². The minimum Gasteiger partial charge on any atom is -0.488 e. The molecule has 0 aromatic heterocycles. The zero-order valence-corrected chi connectivity index (χ0v) is 6.29. The Balaban J connectivity index is 3.95. The summed E-state index contributed by atoms with van der Waals surface area (Å²) in [6.07, 6.45) is 2.59. The first kappa shape index (κ1) is 8.88. The lowest BCUT2D eigenvalue weighted by Crippen LogP contribution is -2.02. The van der Waals surface area contributed by atoms with Crippen molar-refractivity contribution in [1.82, 2.24) is 0 Å². The van der Waals surface area contributed by atoms with E-state index in [0.717, 1.165) is 6.21 Å². The molecule has 56 valence electrons. The Labute approximate surface area is 60.9 Å². The Morgan fingerprint density at radius 2 is 2.30 bits per heavy atom. The second kappa shape index (κ2) is 4.73. The Morgan fingerprint density at radius 3 is 2.60 bits per heavy atom. The first-order chi connectivity index (χ1) is 4.70. The fourth-order valence-electron chi connectivity index (χ4n) is 0.464. The average molecular weight is 140 g/mol. The monoisotopic (exact) mass is 140 g/mol. The topological polar surface area (TPSA) is 45.4 Å². The Hall–Kier alpha value is -1.12. The van der Waals surface area contributed by atoms with Crippen molar-refractivity contribution in [3.05, 3.63) is 12.0 Å². The van der Waals surface area contributed by atoms with Crippen LogP contribution in [-0.2, 0) is 4.74 Å². The number of rotatable bonds is 4. The lowest BCUT2D eigenvalue weighted by Gasteiger charge is -2.07. The van der Waals surface area contributed by atoms with E-state index in [1.807, 2.05) is 13.8 Å². The summed E-state index contributed by atoms with van der Waals surface area (Å²) in [6, 6.07) is 0. The summed E-state index contributed by atoms with van der Waals surface area (Å²) in [5.41, 5.74) is 0. The SMILES string of the molecule is C=N/C=C(\C=N)OC(C)C. The molecule has 0 heterocycles. The molecule has 0 fully saturated rings. The van der Waals surface area contributed by atoms with Crippen molar-refractivity contribution in [2.45, 2.75) is 20.0 Å². The van der Waals surface area contributed by atoms with Gasteiger partial charge in [-0.25, -0.2) is 0 Å². The summed E-state index contributed by atoms with van der Waals surface area (Å²) in [5.74, 6) is 0.435. The summed E-state index contributed by atoms with van der Waals surface area (Å²) in [7, 11) is 0. The van der Waals surface area contributed by atoms with E-state index in [1.54, 1.807) is 0 Å². The first-order valence-electron chi connectivity index (χ1n) is 3.03. The van der Waals surface area contributed by atoms with Gasteiger partial charge in [-0.15, -0.1) is 0 Å². The Kier molecular flexibility index (Phi) is 4.20. The molecule has 0 aliphatic heterocycles. The Bertz CT molecular complexity index is 150. The van der Waals surface area contributed by atoms with E-state index >= 15 is 0 Å². The molecule has 0 radical (unpaired) electrons. The van der Waals surface area contributed by atoms with Gasteiger partial charge in [0.1, 0.15) is 0 Å². The van der Waals surface area contributed by atoms with E-state index in [0.29, 0.717) is 5.76 Å². The highest BCUT2D eigenvalue weighted by Crippen LogP contribution is 1.98. The van der Waals surface area contributed by atoms with E-state index < -0.39 is 0 Å². The molecule has 0 aliphatic carbocycles. The molecule has 0 bridgehead atoms. The standard InChI is InChI=1S/C7H12N2O/c1-6(2)10-7(4-8)5-9-3/h4-6,8H,3H2,1-2H3/b7-5+,8-4?. The zero-order valence-electron chi connectivity index (χ0n) is 6.29. The summed E-state index contributed by atoms with van der Waals surface area (Å²) in [6.45, 7) is 7.02. The molecule has 0 atom stereocenters. The molecule has 0 saturated carbocycles. The average Bonchev–Trinajstić information content (AvgIpc) is 1.86. The normalized spacial score (nSPS) is 11.3. The fourth-order valence-corrected chi connectivity index (χ4v) is 0.464. The van der Waals surface area contributed by atoms with Crippen LogP contribution >= 0.6 is 0 Å². The van der Waals surface area contributed by atoms with Gasteiger partial charge in [-0.1, -0.05) is 0 Å². The maximum atomic E-state index is 6.85. The van der Waals surface area contributed by atoms with Crippen LogP contribution in [0, 0.1) is 5.41 Å². The van der Waals surface area contributed by atoms with Crippen LogP contribution in [0.3, 0.4) is 0 Å². The number of nitrogens with zero attached hydrogens (tertiary/aromatic N) is 1. The summed E-state index contributed by atoms with van der Waals surface area (Å²) < 4.78 is 5.12. The number of aliphatic imine (C=N–C) groups is 1. The summed E-state index contributed by atoms with van der Waals surface area (Å²) in [5, 5.41) is 6.85. The van der Waals surface area contributed by atoms with Crippen LogP contribution in [0.5, 0.6) is 0 Å². The van der Waals surface area contributed by atoms with Gasteiger partial charge in [0.2, 0.25) is 0 Å². The number of allylic oxidation sites excluding steroid dienone is 1. The molecule has 0 aromatic rings.